The maximum Gasteiger partial charge on any atom is 0.247 e. The first-order chi connectivity index (χ1) is 5.77. The van der Waals surface area contributed by atoms with Crippen molar-refractivity contribution >= 4 is 11.7 Å². The van der Waals surface area contributed by atoms with Crippen LogP contribution < -0.4 is 11.1 Å². The van der Waals surface area contributed by atoms with E-state index in [9.17, 15) is 4.79 Å². The predicted molar refractivity (Wildman–Crippen MR) is 43.1 cm³/mol. The third-order valence-electron chi connectivity index (χ3n) is 1.75. The first kappa shape index (κ1) is 6.90. The standard InChI is InChI=1S/C7H8N4O/c8-7(12)5-3-9-6-1-2-10-11(6)4-5/h1-3,9H,4H2,(H2,8,12). The molecular formula is C7H8N4O. The minimum absolute atomic E-state index is 0.413. The van der Waals surface area contributed by atoms with Gasteiger partial charge in [-0.3, -0.25) is 4.79 Å². The second-order valence-corrected chi connectivity index (χ2v) is 2.55. The zero-order valence-electron chi connectivity index (χ0n) is 6.32. The molecule has 12 heavy (non-hydrogen) atoms. The van der Waals surface area contributed by atoms with Crippen LogP contribution in [0.25, 0.3) is 0 Å². The molecule has 0 bridgehead atoms. The minimum atomic E-state index is -0.413. The Bertz CT molecular complexity index is 352. The summed E-state index contributed by atoms with van der Waals surface area (Å²) in [4.78, 5) is 10.8. The number of aromatic nitrogens is 2. The molecule has 1 aliphatic rings. The van der Waals surface area contributed by atoms with E-state index in [1.165, 1.54) is 0 Å². The highest BCUT2D eigenvalue weighted by molar-refractivity contribution is 5.92. The van der Waals surface area contributed by atoms with Crippen LogP contribution in [0, 0.1) is 0 Å². The van der Waals surface area contributed by atoms with Crippen LogP contribution in [0.4, 0.5) is 5.82 Å². The van der Waals surface area contributed by atoms with Gasteiger partial charge in [0.25, 0.3) is 0 Å². The van der Waals surface area contributed by atoms with E-state index < -0.39 is 5.91 Å². The first-order valence-electron chi connectivity index (χ1n) is 3.54. The Morgan fingerprint density at radius 2 is 2.58 bits per heavy atom. The second-order valence-electron chi connectivity index (χ2n) is 2.55. The molecular weight excluding hydrogens is 156 g/mol. The normalized spacial score (nSPS) is 14.5. The predicted octanol–water partition coefficient (Wildman–Crippen LogP) is -0.322. The fourth-order valence-electron chi connectivity index (χ4n) is 1.10. The summed E-state index contributed by atoms with van der Waals surface area (Å²) >= 11 is 0. The van der Waals surface area contributed by atoms with Gasteiger partial charge in [-0.2, -0.15) is 5.10 Å². The quantitative estimate of drug-likeness (QED) is 0.597. The molecule has 3 N–H and O–H groups in total. The van der Waals surface area contributed by atoms with Gasteiger partial charge in [0, 0.05) is 12.3 Å². The number of hydrogen-bond acceptors (Lipinski definition) is 3. The van der Waals surface area contributed by atoms with E-state index in [1.54, 1.807) is 17.1 Å². The van der Waals surface area contributed by atoms with Crippen LogP contribution in [0.5, 0.6) is 0 Å². The molecule has 5 nitrogen and oxygen atoms in total. The van der Waals surface area contributed by atoms with Crippen LogP contribution in [-0.4, -0.2) is 15.7 Å². The summed E-state index contributed by atoms with van der Waals surface area (Å²) in [6.07, 6.45) is 3.28. The summed E-state index contributed by atoms with van der Waals surface area (Å²) in [5.41, 5.74) is 5.64. The number of nitrogens with two attached hydrogens (primary N) is 1. The van der Waals surface area contributed by atoms with Gasteiger partial charge in [0.15, 0.2) is 0 Å². The maximum atomic E-state index is 10.8. The topological polar surface area (TPSA) is 72.9 Å². The van der Waals surface area contributed by atoms with E-state index in [-0.39, 0.29) is 0 Å². The highest BCUT2D eigenvalue weighted by Gasteiger charge is 2.13. The average Bonchev–Trinajstić information content (AvgIpc) is 2.49. The number of amides is 1. The van der Waals surface area contributed by atoms with Crippen LogP contribution in [-0.2, 0) is 11.3 Å². The lowest BCUT2D eigenvalue weighted by Crippen LogP contribution is -2.23. The number of rotatable bonds is 1. The fraction of sp³-hybridized carbons (Fsp3) is 0.143. The van der Waals surface area contributed by atoms with Gasteiger partial charge in [0.1, 0.15) is 5.82 Å². The second kappa shape index (κ2) is 2.37. The molecule has 0 aliphatic carbocycles. The third kappa shape index (κ3) is 0.952. The van der Waals surface area contributed by atoms with Crippen molar-refractivity contribution in [1.82, 2.24) is 9.78 Å². The third-order valence-corrected chi connectivity index (χ3v) is 1.75. The number of carbonyl (C=O) groups excluding carboxylic acids is 1. The van der Waals surface area contributed by atoms with Gasteiger partial charge in [-0.25, -0.2) is 4.68 Å². The van der Waals surface area contributed by atoms with Crippen molar-refractivity contribution in [2.45, 2.75) is 6.54 Å². The van der Waals surface area contributed by atoms with Crippen molar-refractivity contribution in [3.8, 4) is 0 Å². The molecule has 1 aromatic heterocycles. The van der Waals surface area contributed by atoms with Crippen molar-refractivity contribution in [3.05, 3.63) is 24.0 Å². The SMILES string of the molecule is NC(=O)C1=CNc2ccnn2C1. The molecule has 0 saturated carbocycles. The minimum Gasteiger partial charge on any atom is -0.366 e. The lowest BCUT2D eigenvalue weighted by Gasteiger charge is -2.13. The smallest absolute Gasteiger partial charge is 0.247 e. The molecule has 2 heterocycles. The zero-order valence-corrected chi connectivity index (χ0v) is 6.32. The van der Waals surface area contributed by atoms with Gasteiger partial charge in [-0.05, 0) is 0 Å². The molecule has 0 spiro atoms. The van der Waals surface area contributed by atoms with E-state index in [0.717, 1.165) is 5.82 Å². The average molecular weight is 164 g/mol. The maximum absolute atomic E-state index is 10.8. The van der Waals surface area contributed by atoms with Gasteiger partial charge >= 0.3 is 0 Å². The lowest BCUT2D eigenvalue weighted by molar-refractivity contribution is -0.114. The Morgan fingerprint density at radius 1 is 1.75 bits per heavy atom. The summed E-state index contributed by atoms with van der Waals surface area (Å²) in [5, 5.41) is 6.91. The van der Waals surface area contributed by atoms with E-state index >= 15 is 0 Å². The van der Waals surface area contributed by atoms with Crippen molar-refractivity contribution in [1.29, 1.82) is 0 Å². The number of carbonyl (C=O) groups is 1. The van der Waals surface area contributed by atoms with Crippen LogP contribution in [0.15, 0.2) is 24.0 Å². The number of primary amides is 1. The van der Waals surface area contributed by atoms with E-state index in [1.807, 2.05) is 6.07 Å². The number of nitrogens with one attached hydrogen (secondary N) is 1. The van der Waals surface area contributed by atoms with Gasteiger partial charge in [0.05, 0.1) is 18.3 Å². The Hall–Kier alpha value is -1.78. The molecule has 0 fully saturated rings. The lowest BCUT2D eigenvalue weighted by atomic mass is 10.2. The molecule has 5 heteroatoms. The highest BCUT2D eigenvalue weighted by Crippen LogP contribution is 2.14. The molecule has 0 unspecified atom stereocenters. The Labute approximate surface area is 68.9 Å². The van der Waals surface area contributed by atoms with E-state index in [4.69, 9.17) is 5.73 Å². The van der Waals surface area contributed by atoms with Gasteiger partial charge in [0.2, 0.25) is 5.91 Å². The molecule has 1 aliphatic heterocycles. The molecule has 0 aromatic carbocycles. The highest BCUT2D eigenvalue weighted by atomic mass is 16.1. The van der Waals surface area contributed by atoms with Crippen LogP contribution in [0.3, 0.4) is 0 Å². The molecule has 62 valence electrons. The van der Waals surface area contributed by atoms with Crippen molar-refractivity contribution in [2.24, 2.45) is 5.73 Å². The zero-order chi connectivity index (χ0) is 8.55. The summed E-state index contributed by atoms with van der Waals surface area (Å²) in [6, 6.07) is 1.83. The van der Waals surface area contributed by atoms with E-state index in [0.29, 0.717) is 12.1 Å². The Morgan fingerprint density at radius 3 is 3.33 bits per heavy atom. The number of hydrogen-bond donors (Lipinski definition) is 2. The molecule has 0 saturated heterocycles. The number of nitrogens with zero attached hydrogens (tertiary/aromatic N) is 2. The van der Waals surface area contributed by atoms with Crippen LogP contribution >= 0.6 is 0 Å². The van der Waals surface area contributed by atoms with Gasteiger partial charge < -0.3 is 11.1 Å². The molecule has 0 radical (unpaired) electrons. The van der Waals surface area contributed by atoms with Crippen molar-refractivity contribution in [2.75, 3.05) is 5.32 Å². The first-order valence-corrected chi connectivity index (χ1v) is 3.54. The van der Waals surface area contributed by atoms with Crippen molar-refractivity contribution < 1.29 is 4.79 Å². The van der Waals surface area contributed by atoms with Gasteiger partial charge in [-0.15, -0.1) is 0 Å². The number of fused-ring (bicyclic) bond motifs is 1. The molecule has 0 atom stereocenters. The molecule has 1 aromatic rings. The van der Waals surface area contributed by atoms with Gasteiger partial charge in [-0.1, -0.05) is 0 Å². The van der Waals surface area contributed by atoms with Crippen LogP contribution in [0.2, 0.25) is 0 Å². The summed E-state index contributed by atoms with van der Waals surface area (Å²) in [5.74, 6) is 0.462. The number of anilines is 1. The molecule has 1 amide bonds. The Kier molecular flexibility index (Phi) is 1.36. The van der Waals surface area contributed by atoms with Crippen LogP contribution in [0.1, 0.15) is 0 Å². The monoisotopic (exact) mass is 164 g/mol. The summed E-state index contributed by atoms with van der Waals surface area (Å²) < 4.78 is 1.68. The Balaban J connectivity index is 2.29. The largest absolute Gasteiger partial charge is 0.366 e. The summed E-state index contributed by atoms with van der Waals surface area (Å²) in [6.45, 7) is 0.449. The summed E-state index contributed by atoms with van der Waals surface area (Å²) in [7, 11) is 0. The van der Waals surface area contributed by atoms with E-state index in [2.05, 4.69) is 10.4 Å². The van der Waals surface area contributed by atoms with Crippen molar-refractivity contribution in [3.63, 3.8) is 0 Å². The molecule has 2 rings (SSSR count). The fourth-order valence-corrected chi connectivity index (χ4v) is 1.10.